The second-order valence-electron chi connectivity index (χ2n) is 9.27. The zero-order valence-electron chi connectivity index (χ0n) is 16.3. The number of ether oxygens (including phenoxy) is 1. The summed E-state index contributed by atoms with van der Waals surface area (Å²) in [6, 6.07) is 10.3. The predicted octanol–water partition coefficient (Wildman–Crippen LogP) is 3.88. The zero-order valence-corrected chi connectivity index (χ0v) is 16.3. The molecule has 4 bridgehead atoms. The fraction of sp³-hybridized carbons (Fsp3) is 0.652. The van der Waals surface area contributed by atoms with Gasteiger partial charge >= 0.3 is 5.97 Å². The van der Waals surface area contributed by atoms with Crippen LogP contribution in [0, 0.1) is 23.2 Å². The minimum Gasteiger partial charge on any atom is -0.455 e. The van der Waals surface area contributed by atoms with E-state index in [2.05, 4.69) is 17.4 Å². The van der Waals surface area contributed by atoms with Crippen molar-refractivity contribution in [3.63, 3.8) is 0 Å². The summed E-state index contributed by atoms with van der Waals surface area (Å²) in [6.07, 6.45) is 8.63. The number of hydrogen-bond donors (Lipinski definition) is 1. The predicted molar refractivity (Wildman–Crippen MR) is 104 cm³/mol. The maximum absolute atomic E-state index is 12.8. The van der Waals surface area contributed by atoms with E-state index in [4.69, 9.17) is 4.74 Å². The Labute approximate surface area is 162 Å². The number of rotatable bonds is 7. The lowest BCUT2D eigenvalue weighted by Crippen LogP contribution is -2.51. The van der Waals surface area contributed by atoms with Crippen LogP contribution in [0.5, 0.6) is 0 Å². The van der Waals surface area contributed by atoms with E-state index < -0.39 is 0 Å². The number of aryl methyl sites for hydroxylation is 1. The van der Waals surface area contributed by atoms with Crippen LogP contribution < -0.4 is 5.32 Å². The first-order chi connectivity index (χ1) is 13.0. The van der Waals surface area contributed by atoms with E-state index in [-0.39, 0.29) is 29.9 Å². The molecule has 1 N–H and O–H groups in total. The summed E-state index contributed by atoms with van der Waals surface area (Å²) in [5, 5.41) is 2.96. The maximum atomic E-state index is 12.8. The second kappa shape index (κ2) is 7.65. The number of hydrogen-bond acceptors (Lipinski definition) is 3. The fourth-order valence-corrected chi connectivity index (χ4v) is 6.06. The van der Waals surface area contributed by atoms with Crippen molar-refractivity contribution in [2.24, 2.45) is 23.2 Å². The second-order valence-corrected chi connectivity index (χ2v) is 9.27. The summed E-state index contributed by atoms with van der Waals surface area (Å²) in [5.74, 6) is 1.81. The highest BCUT2D eigenvalue weighted by atomic mass is 16.5. The van der Waals surface area contributed by atoms with E-state index in [1.54, 1.807) is 0 Å². The van der Waals surface area contributed by atoms with Crippen LogP contribution in [0.4, 0.5) is 0 Å². The summed E-state index contributed by atoms with van der Waals surface area (Å²) < 4.78 is 5.50. The first kappa shape index (κ1) is 18.5. The lowest BCUT2D eigenvalue weighted by Gasteiger charge is -2.55. The van der Waals surface area contributed by atoms with Crippen LogP contribution in [-0.4, -0.2) is 24.5 Å². The molecule has 1 aromatic carbocycles. The molecule has 4 nitrogen and oxygen atoms in total. The molecule has 4 fully saturated rings. The Bertz CT molecular complexity index is 649. The van der Waals surface area contributed by atoms with Crippen LogP contribution in [0.3, 0.4) is 0 Å². The van der Waals surface area contributed by atoms with Gasteiger partial charge in [0.1, 0.15) is 0 Å². The van der Waals surface area contributed by atoms with E-state index in [0.717, 1.165) is 32.1 Å². The number of carbonyl (C=O) groups excluding carboxylic acids is 2. The Hall–Kier alpha value is -1.84. The normalized spacial score (nSPS) is 32.1. The van der Waals surface area contributed by atoms with Gasteiger partial charge in [-0.25, -0.2) is 0 Å². The molecule has 0 saturated heterocycles. The third kappa shape index (κ3) is 4.20. The molecule has 4 aliphatic rings. The Morgan fingerprint density at radius 3 is 2.26 bits per heavy atom. The van der Waals surface area contributed by atoms with Crippen LogP contribution in [0.15, 0.2) is 30.3 Å². The molecule has 0 aromatic heterocycles. The SMILES string of the molecule is C[C@@H](CCc1ccccc1)NC(=O)COC(=O)C12CC3CC(CC(C3)C1)C2. The molecule has 146 valence electrons. The van der Waals surface area contributed by atoms with Crippen LogP contribution in [-0.2, 0) is 20.7 Å². The summed E-state index contributed by atoms with van der Waals surface area (Å²) in [4.78, 5) is 25.0. The Morgan fingerprint density at radius 1 is 1.07 bits per heavy atom. The lowest BCUT2D eigenvalue weighted by atomic mass is 9.49. The van der Waals surface area contributed by atoms with E-state index in [1.165, 1.54) is 24.8 Å². The molecular formula is C23H31NO3. The quantitative estimate of drug-likeness (QED) is 0.742. The van der Waals surface area contributed by atoms with E-state index in [1.807, 2.05) is 25.1 Å². The maximum Gasteiger partial charge on any atom is 0.312 e. The van der Waals surface area contributed by atoms with E-state index in [0.29, 0.717) is 17.8 Å². The van der Waals surface area contributed by atoms with Gasteiger partial charge in [-0.2, -0.15) is 0 Å². The molecule has 4 saturated carbocycles. The lowest BCUT2D eigenvalue weighted by molar-refractivity contribution is -0.173. The largest absolute Gasteiger partial charge is 0.455 e. The summed E-state index contributed by atoms with van der Waals surface area (Å²) >= 11 is 0. The number of benzene rings is 1. The van der Waals surface area contributed by atoms with Crippen molar-refractivity contribution >= 4 is 11.9 Å². The number of nitrogens with one attached hydrogen (secondary N) is 1. The molecule has 1 amide bonds. The fourth-order valence-electron chi connectivity index (χ4n) is 6.06. The van der Waals surface area contributed by atoms with Crippen LogP contribution >= 0.6 is 0 Å². The molecule has 1 aromatic rings. The minimum atomic E-state index is -0.284. The minimum absolute atomic E-state index is 0.0657. The Kier molecular flexibility index (Phi) is 5.25. The molecule has 1 atom stereocenters. The van der Waals surface area contributed by atoms with Crippen LogP contribution in [0.1, 0.15) is 57.4 Å². The van der Waals surface area contributed by atoms with Crippen molar-refractivity contribution in [2.45, 2.75) is 64.3 Å². The topological polar surface area (TPSA) is 55.4 Å². The standard InChI is InChI=1S/C23H31NO3/c1-16(7-8-17-5-3-2-4-6-17)24-21(25)15-27-22(26)23-12-18-9-19(13-23)11-20(10-18)14-23/h2-6,16,18-20H,7-15H2,1H3,(H,24,25)/t16-,18?,19?,20?,23?/m0/s1. The monoisotopic (exact) mass is 369 g/mol. The van der Waals surface area contributed by atoms with Gasteiger partial charge in [0.2, 0.25) is 0 Å². The molecule has 0 unspecified atom stereocenters. The molecule has 5 rings (SSSR count). The van der Waals surface area contributed by atoms with Gasteiger partial charge in [0.05, 0.1) is 5.41 Å². The summed E-state index contributed by atoms with van der Waals surface area (Å²) in [5.41, 5.74) is 0.986. The average Bonchev–Trinajstić information content (AvgIpc) is 2.64. The van der Waals surface area contributed by atoms with Crippen molar-refractivity contribution < 1.29 is 14.3 Å². The zero-order chi connectivity index (χ0) is 18.9. The molecule has 4 heteroatoms. The van der Waals surface area contributed by atoms with E-state index in [9.17, 15) is 9.59 Å². The third-order valence-corrected chi connectivity index (χ3v) is 6.92. The van der Waals surface area contributed by atoms with Gasteiger partial charge in [0, 0.05) is 6.04 Å². The molecule has 0 radical (unpaired) electrons. The van der Waals surface area contributed by atoms with Gasteiger partial charge in [-0.15, -0.1) is 0 Å². The molecule has 27 heavy (non-hydrogen) atoms. The van der Waals surface area contributed by atoms with Crippen LogP contribution in [0.2, 0.25) is 0 Å². The van der Waals surface area contributed by atoms with Gasteiger partial charge in [-0.1, -0.05) is 30.3 Å². The van der Waals surface area contributed by atoms with Gasteiger partial charge < -0.3 is 10.1 Å². The summed E-state index contributed by atoms with van der Waals surface area (Å²) in [7, 11) is 0. The molecular weight excluding hydrogens is 338 g/mol. The van der Waals surface area contributed by atoms with Crippen molar-refractivity contribution in [3.05, 3.63) is 35.9 Å². The first-order valence-corrected chi connectivity index (χ1v) is 10.5. The molecule has 0 spiro atoms. The average molecular weight is 370 g/mol. The smallest absolute Gasteiger partial charge is 0.312 e. The summed E-state index contributed by atoms with van der Waals surface area (Å²) in [6.45, 7) is 1.86. The van der Waals surface area contributed by atoms with Crippen molar-refractivity contribution in [3.8, 4) is 0 Å². The van der Waals surface area contributed by atoms with Gasteiger partial charge in [-0.3, -0.25) is 9.59 Å². The number of esters is 1. The number of amides is 1. The highest BCUT2D eigenvalue weighted by Gasteiger charge is 2.55. The molecule has 0 heterocycles. The van der Waals surface area contributed by atoms with Crippen LogP contribution in [0.25, 0.3) is 0 Å². The van der Waals surface area contributed by atoms with Gasteiger partial charge in [-0.05, 0) is 81.6 Å². The van der Waals surface area contributed by atoms with E-state index >= 15 is 0 Å². The van der Waals surface area contributed by atoms with Gasteiger partial charge in [0.15, 0.2) is 6.61 Å². The highest BCUT2D eigenvalue weighted by molar-refractivity contribution is 5.83. The van der Waals surface area contributed by atoms with Gasteiger partial charge in [0.25, 0.3) is 5.91 Å². The number of carbonyl (C=O) groups is 2. The first-order valence-electron chi connectivity index (χ1n) is 10.5. The highest BCUT2D eigenvalue weighted by Crippen LogP contribution is 2.60. The van der Waals surface area contributed by atoms with Crippen molar-refractivity contribution in [1.82, 2.24) is 5.32 Å². The molecule has 0 aliphatic heterocycles. The van der Waals surface area contributed by atoms with Crippen molar-refractivity contribution in [1.29, 1.82) is 0 Å². The van der Waals surface area contributed by atoms with Crippen molar-refractivity contribution in [2.75, 3.05) is 6.61 Å². The third-order valence-electron chi connectivity index (χ3n) is 6.92. The molecule has 4 aliphatic carbocycles. The Morgan fingerprint density at radius 2 is 1.67 bits per heavy atom. The Balaban J connectivity index is 1.21.